The molecule has 1 aromatic carbocycles. The highest BCUT2D eigenvalue weighted by Gasteiger charge is 2.44. The third-order valence-electron chi connectivity index (χ3n) is 4.25. The molecule has 2 N–H and O–H groups in total. The van der Waals surface area contributed by atoms with Gasteiger partial charge >= 0.3 is 11.9 Å². The number of hydrogen-bond donors (Lipinski definition) is 2. The fourth-order valence-electron chi connectivity index (χ4n) is 3.26. The monoisotopic (exact) mass is 262 g/mol. The topological polar surface area (TPSA) is 74.6 Å². The van der Waals surface area contributed by atoms with E-state index in [-0.39, 0.29) is 11.8 Å². The molecule has 0 aromatic heterocycles. The van der Waals surface area contributed by atoms with Gasteiger partial charge in [-0.05, 0) is 30.2 Å². The van der Waals surface area contributed by atoms with E-state index < -0.39 is 23.8 Å². The van der Waals surface area contributed by atoms with Gasteiger partial charge in [0, 0.05) is 0 Å². The van der Waals surface area contributed by atoms with Gasteiger partial charge in [-0.3, -0.25) is 9.59 Å². The molecule has 0 amide bonds. The predicted octanol–water partition coefficient (Wildman–Crippen LogP) is 2.60. The van der Waals surface area contributed by atoms with E-state index in [1.807, 2.05) is 37.3 Å². The number of carboxylic acids is 2. The second-order valence-corrected chi connectivity index (χ2v) is 5.26. The first-order valence-corrected chi connectivity index (χ1v) is 6.53. The summed E-state index contributed by atoms with van der Waals surface area (Å²) in [4.78, 5) is 22.6. The van der Waals surface area contributed by atoms with Crippen LogP contribution in [0.5, 0.6) is 0 Å². The molecule has 4 nitrogen and oxygen atoms in total. The van der Waals surface area contributed by atoms with E-state index in [0.717, 1.165) is 12.0 Å². The molecule has 0 heterocycles. The van der Waals surface area contributed by atoms with Gasteiger partial charge in [-0.15, -0.1) is 0 Å². The van der Waals surface area contributed by atoms with Crippen LogP contribution in [0.25, 0.3) is 0 Å². The maximum absolute atomic E-state index is 11.4. The van der Waals surface area contributed by atoms with E-state index >= 15 is 0 Å². The highest BCUT2D eigenvalue weighted by molar-refractivity contribution is 5.80. The van der Waals surface area contributed by atoms with Crippen LogP contribution in [0.4, 0.5) is 0 Å². The van der Waals surface area contributed by atoms with Crippen LogP contribution < -0.4 is 0 Å². The van der Waals surface area contributed by atoms with E-state index in [1.54, 1.807) is 0 Å². The van der Waals surface area contributed by atoms with Gasteiger partial charge in [0.15, 0.2) is 0 Å². The Balaban J connectivity index is 2.28. The molecule has 1 aliphatic rings. The van der Waals surface area contributed by atoms with Crippen molar-refractivity contribution in [2.45, 2.75) is 25.7 Å². The van der Waals surface area contributed by atoms with Gasteiger partial charge in [-0.25, -0.2) is 0 Å². The van der Waals surface area contributed by atoms with Gasteiger partial charge in [-0.2, -0.15) is 0 Å². The minimum absolute atomic E-state index is 0.123. The van der Waals surface area contributed by atoms with E-state index in [4.69, 9.17) is 5.11 Å². The fraction of sp³-hybridized carbons (Fsp3) is 0.467. The Morgan fingerprint density at radius 1 is 1.05 bits per heavy atom. The fourth-order valence-corrected chi connectivity index (χ4v) is 3.26. The summed E-state index contributed by atoms with van der Waals surface area (Å²) in [7, 11) is 0. The summed E-state index contributed by atoms with van der Waals surface area (Å²) in [5, 5.41) is 18.5. The van der Waals surface area contributed by atoms with E-state index in [9.17, 15) is 14.7 Å². The molecule has 2 rings (SSSR count). The third kappa shape index (κ3) is 2.62. The molecule has 1 saturated carbocycles. The molecular weight excluding hydrogens is 244 g/mol. The van der Waals surface area contributed by atoms with Gasteiger partial charge in [0.2, 0.25) is 0 Å². The Hall–Kier alpha value is -1.84. The Morgan fingerprint density at radius 2 is 1.68 bits per heavy atom. The molecule has 4 unspecified atom stereocenters. The number of carboxylic acid groups (broad SMARTS) is 2. The maximum atomic E-state index is 11.4. The molecule has 0 spiro atoms. The quantitative estimate of drug-likeness (QED) is 0.878. The van der Waals surface area contributed by atoms with Crippen LogP contribution in [0.3, 0.4) is 0 Å². The Kier molecular flexibility index (Phi) is 3.88. The molecule has 1 aliphatic carbocycles. The Bertz CT molecular complexity index is 468. The lowest BCUT2D eigenvalue weighted by atomic mass is 9.65. The van der Waals surface area contributed by atoms with Crippen molar-refractivity contribution < 1.29 is 19.8 Å². The van der Waals surface area contributed by atoms with Crippen LogP contribution in [0.1, 0.15) is 31.2 Å². The predicted molar refractivity (Wildman–Crippen MR) is 69.8 cm³/mol. The first kappa shape index (κ1) is 13.6. The summed E-state index contributed by atoms with van der Waals surface area (Å²) in [6.45, 7) is 1.85. The third-order valence-corrected chi connectivity index (χ3v) is 4.25. The molecule has 0 saturated heterocycles. The number of carbonyl (C=O) groups is 2. The van der Waals surface area contributed by atoms with Gasteiger partial charge < -0.3 is 10.2 Å². The zero-order chi connectivity index (χ0) is 14.0. The minimum Gasteiger partial charge on any atom is -0.481 e. The second kappa shape index (κ2) is 5.43. The molecule has 0 radical (unpaired) electrons. The lowest BCUT2D eigenvalue weighted by Crippen LogP contribution is -2.40. The molecular formula is C15H18O4. The Labute approximate surface area is 112 Å². The molecule has 0 bridgehead atoms. The minimum atomic E-state index is -1.000. The van der Waals surface area contributed by atoms with Crippen LogP contribution in [-0.2, 0) is 9.59 Å². The van der Waals surface area contributed by atoms with Crippen LogP contribution in [-0.4, -0.2) is 22.2 Å². The molecule has 19 heavy (non-hydrogen) atoms. The van der Waals surface area contributed by atoms with Crippen molar-refractivity contribution in [3.63, 3.8) is 0 Å². The summed E-state index contributed by atoms with van der Waals surface area (Å²) in [6, 6.07) is 9.76. The molecule has 0 aliphatic heterocycles. The molecule has 1 aromatic rings. The normalized spacial score (nSPS) is 30.8. The van der Waals surface area contributed by atoms with E-state index in [0.29, 0.717) is 6.42 Å². The van der Waals surface area contributed by atoms with Crippen molar-refractivity contribution in [1.82, 2.24) is 0 Å². The zero-order valence-electron chi connectivity index (χ0n) is 10.8. The van der Waals surface area contributed by atoms with Crippen LogP contribution in [0.15, 0.2) is 30.3 Å². The Morgan fingerprint density at radius 3 is 2.21 bits per heavy atom. The molecule has 1 fully saturated rings. The smallest absolute Gasteiger partial charge is 0.307 e. The van der Waals surface area contributed by atoms with Gasteiger partial charge in [-0.1, -0.05) is 37.3 Å². The maximum Gasteiger partial charge on any atom is 0.307 e. The zero-order valence-corrected chi connectivity index (χ0v) is 10.8. The van der Waals surface area contributed by atoms with Crippen molar-refractivity contribution in [3.05, 3.63) is 35.9 Å². The highest BCUT2D eigenvalue weighted by atomic mass is 16.4. The molecule has 4 atom stereocenters. The van der Waals surface area contributed by atoms with Crippen molar-refractivity contribution in [2.75, 3.05) is 0 Å². The first-order valence-electron chi connectivity index (χ1n) is 6.53. The standard InChI is InChI=1S/C15H18O4/c1-9-11(10-5-3-2-4-6-10)7-8-12(14(16)17)13(9)15(18)19/h2-6,9,11-13H,7-8H2,1H3,(H,16,17)(H,18,19). The number of benzene rings is 1. The number of rotatable bonds is 3. The van der Waals surface area contributed by atoms with Crippen LogP contribution in [0.2, 0.25) is 0 Å². The van der Waals surface area contributed by atoms with Gasteiger partial charge in [0.1, 0.15) is 0 Å². The van der Waals surface area contributed by atoms with E-state index in [1.165, 1.54) is 0 Å². The SMILES string of the molecule is CC1C(c2ccccc2)CCC(C(=O)O)C1C(=O)O. The van der Waals surface area contributed by atoms with Crippen molar-refractivity contribution in [3.8, 4) is 0 Å². The van der Waals surface area contributed by atoms with E-state index in [2.05, 4.69) is 0 Å². The van der Waals surface area contributed by atoms with Crippen molar-refractivity contribution in [1.29, 1.82) is 0 Å². The van der Waals surface area contributed by atoms with Crippen LogP contribution >= 0.6 is 0 Å². The highest BCUT2D eigenvalue weighted by Crippen LogP contribution is 2.44. The van der Waals surface area contributed by atoms with Crippen molar-refractivity contribution >= 4 is 11.9 Å². The lowest BCUT2D eigenvalue weighted by molar-refractivity contribution is -0.158. The summed E-state index contributed by atoms with van der Waals surface area (Å²) in [5.74, 6) is -3.62. The van der Waals surface area contributed by atoms with Crippen molar-refractivity contribution in [2.24, 2.45) is 17.8 Å². The van der Waals surface area contributed by atoms with Crippen LogP contribution in [0, 0.1) is 17.8 Å². The summed E-state index contributed by atoms with van der Waals surface area (Å²) in [6.07, 6.45) is 1.15. The summed E-state index contributed by atoms with van der Waals surface area (Å²) >= 11 is 0. The summed E-state index contributed by atoms with van der Waals surface area (Å²) < 4.78 is 0. The van der Waals surface area contributed by atoms with Gasteiger partial charge in [0.05, 0.1) is 11.8 Å². The average Bonchev–Trinajstić information content (AvgIpc) is 2.38. The average molecular weight is 262 g/mol. The summed E-state index contributed by atoms with van der Waals surface area (Å²) in [5.41, 5.74) is 1.10. The molecule has 4 heteroatoms. The largest absolute Gasteiger partial charge is 0.481 e. The lowest BCUT2D eigenvalue weighted by Gasteiger charge is -2.37. The number of hydrogen-bond acceptors (Lipinski definition) is 2. The molecule has 102 valence electrons. The number of aliphatic carboxylic acids is 2. The first-order chi connectivity index (χ1) is 9.02. The second-order valence-electron chi connectivity index (χ2n) is 5.26. The van der Waals surface area contributed by atoms with Gasteiger partial charge in [0.25, 0.3) is 0 Å².